The van der Waals surface area contributed by atoms with Crippen LogP contribution in [0, 0.1) is 0 Å². The molecule has 0 aliphatic carbocycles. The van der Waals surface area contributed by atoms with Gasteiger partial charge in [0.05, 0.1) is 0 Å². The van der Waals surface area contributed by atoms with E-state index in [0.29, 0.717) is 5.76 Å². The van der Waals surface area contributed by atoms with E-state index in [1.807, 2.05) is 45.0 Å². The molecule has 7 heteroatoms. The van der Waals surface area contributed by atoms with Crippen LogP contribution in [0.4, 0.5) is 0 Å². The van der Waals surface area contributed by atoms with E-state index in [1.54, 1.807) is 6.07 Å². The monoisotopic (exact) mass is 394 g/mol. The van der Waals surface area contributed by atoms with E-state index in [2.05, 4.69) is 21.1 Å². The first-order valence-electron chi connectivity index (χ1n) is 7.39. The number of carboxylic acid groups (broad SMARTS) is 1. The quantitative estimate of drug-likeness (QED) is 0.838. The minimum Gasteiger partial charge on any atom is -0.480 e. The molecule has 0 bridgehead atoms. The van der Waals surface area contributed by atoms with Crippen molar-refractivity contribution in [2.45, 2.75) is 32.7 Å². The number of carbonyl (C=O) groups excluding carboxylic acids is 1. The highest BCUT2D eigenvalue weighted by atomic mass is 79.9. The van der Waals surface area contributed by atoms with E-state index in [-0.39, 0.29) is 17.7 Å². The van der Waals surface area contributed by atoms with Gasteiger partial charge in [0, 0.05) is 22.5 Å². The van der Waals surface area contributed by atoms with Gasteiger partial charge in [-0.15, -0.1) is 0 Å². The lowest BCUT2D eigenvalue weighted by atomic mass is 9.93. The number of aromatic nitrogens is 1. The fourth-order valence-electron chi connectivity index (χ4n) is 2.11. The van der Waals surface area contributed by atoms with Crippen molar-refractivity contribution in [3.05, 3.63) is 51.8 Å². The average molecular weight is 395 g/mol. The van der Waals surface area contributed by atoms with Crippen LogP contribution >= 0.6 is 15.9 Å². The first-order chi connectivity index (χ1) is 11.2. The van der Waals surface area contributed by atoms with Crippen molar-refractivity contribution < 1.29 is 19.2 Å². The minimum atomic E-state index is -1.09. The number of carboxylic acids is 1. The zero-order valence-corrected chi connectivity index (χ0v) is 15.3. The average Bonchev–Trinajstić information content (AvgIpc) is 2.95. The smallest absolute Gasteiger partial charge is 0.323 e. The Balaban J connectivity index is 2.25. The van der Waals surface area contributed by atoms with Crippen LogP contribution in [-0.4, -0.2) is 33.6 Å². The molecule has 0 radical (unpaired) electrons. The predicted molar refractivity (Wildman–Crippen MR) is 91.7 cm³/mol. The maximum absolute atomic E-state index is 12.6. The molecular formula is C17H19BrN2O4. The van der Waals surface area contributed by atoms with Crippen molar-refractivity contribution in [2.24, 2.45) is 0 Å². The van der Waals surface area contributed by atoms with E-state index < -0.39 is 18.4 Å². The molecule has 0 spiro atoms. The summed E-state index contributed by atoms with van der Waals surface area (Å²) in [6, 6.07) is 8.93. The minimum absolute atomic E-state index is 0.108. The number of hydrogen-bond acceptors (Lipinski definition) is 4. The van der Waals surface area contributed by atoms with Crippen LogP contribution in [0.15, 0.2) is 39.3 Å². The third-order valence-corrected chi connectivity index (χ3v) is 3.84. The number of amides is 1. The van der Waals surface area contributed by atoms with Gasteiger partial charge in [0.15, 0.2) is 5.69 Å². The molecule has 2 aromatic rings. The summed E-state index contributed by atoms with van der Waals surface area (Å²) < 4.78 is 6.08. The van der Waals surface area contributed by atoms with E-state index in [1.165, 1.54) is 4.90 Å². The van der Waals surface area contributed by atoms with Crippen molar-refractivity contribution in [3.63, 3.8) is 0 Å². The Hall–Kier alpha value is -2.15. The predicted octanol–water partition coefficient (Wildman–Crippen LogP) is 3.46. The number of benzene rings is 1. The topological polar surface area (TPSA) is 83.6 Å². The largest absolute Gasteiger partial charge is 0.480 e. The molecule has 0 saturated carbocycles. The Morgan fingerprint density at radius 2 is 2.00 bits per heavy atom. The van der Waals surface area contributed by atoms with Gasteiger partial charge in [-0.3, -0.25) is 9.59 Å². The molecule has 1 aromatic heterocycles. The highest BCUT2D eigenvalue weighted by Gasteiger charge is 2.26. The molecule has 1 amide bonds. The standard InChI is InChI=1S/C17H19BrN2O4/c1-17(2,3)14-8-13(19-24-14)16(23)20(10-15(21)22)9-11-5-4-6-12(18)7-11/h4-8H,9-10H2,1-3H3,(H,21,22). The number of nitrogens with zero attached hydrogens (tertiary/aromatic N) is 2. The zero-order chi connectivity index (χ0) is 17.9. The Morgan fingerprint density at radius 3 is 2.54 bits per heavy atom. The number of hydrogen-bond donors (Lipinski definition) is 1. The Morgan fingerprint density at radius 1 is 1.29 bits per heavy atom. The Kier molecular flexibility index (Phi) is 5.43. The van der Waals surface area contributed by atoms with Crippen molar-refractivity contribution in [3.8, 4) is 0 Å². The summed E-state index contributed by atoms with van der Waals surface area (Å²) in [5.74, 6) is -0.988. The molecule has 0 unspecified atom stereocenters. The van der Waals surface area contributed by atoms with Crippen LogP contribution in [-0.2, 0) is 16.8 Å². The lowest BCUT2D eigenvalue weighted by Crippen LogP contribution is -2.35. The third kappa shape index (κ3) is 4.67. The summed E-state index contributed by atoms with van der Waals surface area (Å²) in [4.78, 5) is 25.0. The molecule has 128 valence electrons. The molecule has 6 nitrogen and oxygen atoms in total. The maximum atomic E-state index is 12.6. The molecule has 2 rings (SSSR count). The fourth-order valence-corrected chi connectivity index (χ4v) is 2.56. The zero-order valence-electron chi connectivity index (χ0n) is 13.7. The van der Waals surface area contributed by atoms with Crippen molar-refractivity contribution in [1.29, 1.82) is 0 Å². The lowest BCUT2D eigenvalue weighted by Gasteiger charge is -2.19. The van der Waals surface area contributed by atoms with Gasteiger partial charge in [0.2, 0.25) is 0 Å². The summed E-state index contributed by atoms with van der Waals surface area (Å²) in [6.45, 7) is 5.58. The molecular weight excluding hydrogens is 376 g/mol. The molecule has 1 heterocycles. The number of carbonyl (C=O) groups is 2. The van der Waals surface area contributed by atoms with Gasteiger partial charge < -0.3 is 14.5 Å². The SMILES string of the molecule is CC(C)(C)c1cc(C(=O)N(CC(=O)O)Cc2cccc(Br)c2)no1. The lowest BCUT2D eigenvalue weighted by molar-refractivity contribution is -0.137. The molecule has 24 heavy (non-hydrogen) atoms. The molecule has 1 N–H and O–H groups in total. The second-order valence-corrected chi connectivity index (χ2v) is 7.43. The number of rotatable bonds is 5. The summed E-state index contributed by atoms with van der Waals surface area (Å²) in [7, 11) is 0. The molecule has 0 aliphatic rings. The summed E-state index contributed by atoms with van der Waals surface area (Å²) in [6.07, 6.45) is 0. The van der Waals surface area contributed by atoms with Gasteiger partial charge in [0.1, 0.15) is 12.3 Å². The first kappa shape index (κ1) is 18.2. The molecule has 0 saturated heterocycles. The van der Waals surface area contributed by atoms with E-state index in [0.717, 1.165) is 10.0 Å². The van der Waals surface area contributed by atoms with E-state index >= 15 is 0 Å². The van der Waals surface area contributed by atoms with Crippen LogP contribution in [0.25, 0.3) is 0 Å². The van der Waals surface area contributed by atoms with Gasteiger partial charge in [-0.25, -0.2) is 0 Å². The van der Waals surface area contributed by atoms with Gasteiger partial charge in [0.25, 0.3) is 5.91 Å². The molecule has 1 aromatic carbocycles. The molecule has 0 aliphatic heterocycles. The van der Waals surface area contributed by atoms with Gasteiger partial charge in [-0.2, -0.15) is 0 Å². The van der Waals surface area contributed by atoms with Crippen LogP contribution in [0.3, 0.4) is 0 Å². The highest BCUT2D eigenvalue weighted by Crippen LogP contribution is 2.23. The fraction of sp³-hybridized carbons (Fsp3) is 0.353. The third-order valence-electron chi connectivity index (χ3n) is 3.34. The Labute approximate surface area is 148 Å². The summed E-state index contributed by atoms with van der Waals surface area (Å²) >= 11 is 3.36. The van der Waals surface area contributed by atoms with Crippen LogP contribution in [0.2, 0.25) is 0 Å². The van der Waals surface area contributed by atoms with Crippen molar-refractivity contribution in [2.75, 3.05) is 6.54 Å². The summed E-state index contributed by atoms with van der Waals surface area (Å²) in [5.41, 5.74) is 0.641. The Bertz CT molecular complexity index is 749. The van der Waals surface area contributed by atoms with Gasteiger partial charge >= 0.3 is 5.97 Å². The molecule has 0 fully saturated rings. The van der Waals surface area contributed by atoms with Crippen molar-refractivity contribution in [1.82, 2.24) is 10.1 Å². The number of halogens is 1. The van der Waals surface area contributed by atoms with E-state index in [4.69, 9.17) is 9.63 Å². The van der Waals surface area contributed by atoms with Gasteiger partial charge in [-0.05, 0) is 17.7 Å². The van der Waals surface area contributed by atoms with E-state index in [9.17, 15) is 9.59 Å². The molecule has 0 atom stereocenters. The van der Waals surface area contributed by atoms with Crippen LogP contribution in [0.5, 0.6) is 0 Å². The normalized spacial score (nSPS) is 11.3. The van der Waals surface area contributed by atoms with Crippen LogP contribution < -0.4 is 0 Å². The maximum Gasteiger partial charge on any atom is 0.323 e. The van der Waals surface area contributed by atoms with Gasteiger partial charge in [-0.1, -0.05) is 54.0 Å². The first-order valence-corrected chi connectivity index (χ1v) is 8.19. The second-order valence-electron chi connectivity index (χ2n) is 6.51. The highest BCUT2D eigenvalue weighted by molar-refractivity contribution is 9.10. The second kappa shape index (κ2) is 7.17. The van der Waals surface area contributed by atoms with Crippen LogP contribution in [0.1, 0.15) is 42.6 Å². The number of aliphatic carboxylic acids is 1. The summed E-state index contributed by atoms with van der Waals surface area (Å²) in [5, 5.41) is 12.9. The van der Waals surface area contributed by atoms with Crippen molar-refractivity contribution >= 4 is 27.8 Å².